The number of hydrogen-bond acceptors (Lipinski definition) is 3. The van der Waals surface area contributed by atoms with Crippen LogP contribution in [-0.2, 0) is 19.4 Å². The summed E-state index contributed by atoms with van der Waals surface area (Å²) < 4.78 is 1.79. The topological polar surface area (TPSA) is 56.7 Å². The standard InChI is InChI=1S/C12H14N4/c13-8-10-7-9-3-1-4-11(9)15-12(10)16-6-2-5-14-16/h2,5-7H,1,3-4,8,13H2. The van der Waals surface area contributed by atoms with Crippen molar-refractivity contribution < 1.29 is 0 Å². The molecule has 82 valence electrons. The zero-order valence-corrected chi connectivity index (χ0v) is 9.06. The second kappa shape index (κ2) is 3.72. The van der Waals surface area contributed by atoms with Crippen LogP contribution in [0.15, 0.2) is 24.5 Å². The lowest BCUT2D eigenvalue weighted by molar-refractivity contribution is 0.810. The first-order valence-corrected chi connectivity index (χ1v) is 5.60. The summed E-state index contributed by atoms with van der Waals surface area (Å²) in [5.74, 6) is 0.883. The zero-order chi connectivity index (χ0) is 11.0. The summed E-state index contributed by atoms with van der Waals surface area (Å²) in [5.41, 5.74) is 9.41. The van der Waals surface area contributed by atoms with Crippen LogP contribution in [0.2, 0.25) is 0 Å². The Balaban J connectivity index is 2.17. The number of rotatable bonds is 2. The van der Waals surface area contributed by atoms with Crippen molar-refractivity contribution in [2.75, 3.05) is 0 Å². The van der Waals surface area contributed by atoms with Gasteiger partial charge in [-0.15, -0.1) is 0 Å². The lowest BCUT2D eigenvalue weighted by Crippen LogP contribution is -2.09. The minimum Gasteiger partial charge on any atom is -0.326 e. The third-order valence-corrected chi connectivity index (χ3v) is 3.05. The number of nitrogens with zero attached hydrogens (tertiary/aromatic N) is 3. The van der Waals surface area contributed by atoms with Crippen LogP contribution in [0.25, 0.3) is 5.82 Å². The van der Waals surface area contributed by atoms with Crippen molar-refractivity contribution in [3.63, 3.8) is 0 Å². The largest absolute Gasteiger partial charge is 0.326 e. The fourth-order valence-corrected chi connectivity index (χ4v) is 2.25. The van der Waals surface area contributed by atoms with Crippen LogP contribution in [0.5, 0.6) is 0 Å². The van der Waals surface area contributed by atoms with Gasteiger partial charge in [0.05, 0.1) is 0 Å². The van der Waals surface area contributed by atoms with Gasteiger partial charge < -0.3 is 5.73 Å². The van der Waals surface area contributed by atoms with E-state index in [2.05, 4.69) is 16.1 Å². The van der Waals surface area contributed by atoms with E-state index in [9.17, 15) is 0 Å². The molecule has 2 heterocycles. The maximum Gasteiger partial charge on any atom is 0.158 e. The van der Waals surface area contributed by atoms with Gasteiger partial charge in [0.25, 0.3) is 0 Å². The molecule has 0 amide bonds. The lowest BCUT2D eigenvalue weighted by atomic mass is 10.1. The number of aromatic nitrogens is 3. The second-order valence-electron chi connectivity index (χ2n) is 4.09. The molecule has 0 spiro atoms. The monoisotopic (exact) mass is 214 g/mol. The highest BCUT2D eigenvalue weighted by molar-refractivity contribution is 5.40. The molecule has 4 heteroatoms. The molecule has 0 aromatic carbocycles. The maximum absolute atomic E-state index is 5.77. The summed E-state index contributed by atoms with van der Waals surface area (Å²) >= 11 is 0. The van der Waals surface area contributed by atoms with E-state index in [1.807, 2.05) is 12.3 Å². The predicted octanol–water partition coefficient (Wildman–Crippen LogP) is 1.21. The van der Waals surface area contributed by atoms with Crippen molar-refractivity contribution in [3.05, 3.63) is 41.3 Å². The molecule has 4 nitrogen and oxygen atoms in total. The molecule has 0 unspecified atom stereocenters. The molecule has 1 aliphatic rings. The highest BCUT2D eigenvalue weighted by Gasteiger charge is 2.16. The highest BCUT2D eigenvalue weighted by Crippen LogP contribution is 2.24. The summed E-state index contributed by atoms with van der Waals surface area (Å²) in [7, 11) is 0. The minimum absolute atomic E-state index is 0.509. The smallest absolute Gasteiger partial charge is 0.158 e. The SMILES string of the molecule is NCc1cc2c(nc1-n1cccn1)CCC2. The number of nitrogens with two attached hydrogens (primary N) is 1. The first-order chi connectivity index (χ1) is 7.88. The van der Waals surface area contributed by atoms with E-state index in [4.69, 9.17) is 5.73 Å². The Bertz CT molecular complexity index is 502. The summed E-state index contributed by atoms with van der Waals surface area (Å²) in [6, 6.07) is 4.08. The van der Waals surface area contributed by atoms with Gasteiger partial charge >= 0.3 is 0 Å². The molecule has 3 rings (SSSR count). The van der Waals surface area contributed by atoms with E-state index in [1.54, 1.807) is 10.9 Å². The van der Waals surface area contributed by atoms with Crippen LogP contribution in [0, 0.1) is 0 Å². The highest BCUT2D eigenvalue weighted by atomic mass is 15.3. The number of aryl methyl sites for hydroxylation is 2. The molecule has 0 saturated heterocycles. The summed E-state index contributed by atoms with van der Waals surface area (Å²) in [4.78, 5) is 4.69. The first kappa shape index (κ1) is 9.54. The lowest BCUT2D eigenvalue weighted by Gasteiger charge is -2.09. The Morgan fingerprint density at radius 3 is 3.06 bits per heavy atom. The van der Waals surface area contributed by atoms with Crippen molar-refractivity contribution in [1.29, 1.82) is 0 Å². The molecule has 2 aromatic rings. The van der Waals surface area contributed by atoms with Crippen LogP contribution in [0.3, 0.4) is 0 Å². The van der Waals surface area contributed by atoms with Crippen LogP contribution in [0.4, 0.5) is 0 Å². The number of fused-ring (bicyclic) bond motifs is 1. The van der Waals surface area contributed by atoms with E-state index in [0.29, 0.717) is 6.54 Å². The average Bonchev–Trinajstić information content (AvgIpc) is 2.97. The molecule has 0 saturated carbocycles. The molecule has 0 fully saturated rings. The van der Waals surface area contributed by atoms with E-state index in [0.717, 1.165) is 24.2 Å². The van der Waals surface area contributed by atoms with Gasteiger partial charge in [0, 0.05) is 30.2 Å². The minimum atomic E-state index is 0.509. The fourth-order valence-electron chi connectivity index (χ4n) is 2.25. The summed E-state index contributed by atoms with van der Waals surface area (Å²) in [6.07, 6.45) is 7.08. The van der Waals surface area contributed by atoms with Crippen molar-refractivity contribution in [2.45, 2.75) is 25.8 Å². The van der Waals surface area contributed by atoms with Crippen LogP contribution in [0.1, 0.15) is 23.2 Å². The molecule has 0 atom stereocenters. The van der Waals surface area contributed by atoms with E-state index < -0.39 is 0 Å². The number of hydrogen-bond donors (Lipinski definition) is 1. The van der Waals surface area contributed by atoms with Crippen molar-refractivity contribution >= 4 is 0 Å². The Hall–Kier alpha value is -1.68. The van der Waals surface area contributed by atoms with E-state index in [1.165, 1.54) is 17.7 Å². The van der Waals surface area contributed by atoms with Gasteiger partial charge in [0.1, 0.15) is 0 Å². The maximum atomic E-state index is 5.77. The van der Waals surface area contributed by atoms with Gasteiger partial charge in [-0.3, -0.25) is 0 Å². The molecule has 2 aromatic heterocycles. The third-order valence-electron chi connectivity index (χ3n) is 3.05. The van der Waals surface area contributed by atoms with Crippen molar-refractivity contribution in [3.8, 4) is 5.82 Å². The van der Waals surface area contributed by atoms with E-state index >= 15 is 0 Å². The summed E-state index contributed by atoms with van der Waals surface area (Å²) in [6.45, 7) is 0.509. The second-order valence-corrected chi connectivity index (χ2v) is 4.09. The Labute approximate surface area is 94.1 Å². The van der Waals surface area contributed by atoms with Crippen molar-refractivity contribution in [2.24, 2.45) is 5.73 Å². The average molecular weight is 214 g/mol. The fraction of sp³-hybridized carbons (Fsp3) is 0.333. The quantitative estimate of drug-likeness (QED) is 0.817. The van der Waals surface area contributed by atoms with Crippen LogP contribution >= 0.6 is 0 Å². The molecule has 16 heavy (non-hydrogen) atoms. The van der Waals surface area contributed by atoms with Crippen LogP contribution in [-0.4, -0.2) is 14.8 Å². The molecule has 0 radical (unpaired) electrons. The van der Waals surface area contributed by atoms with Gasteiger partial charge in [0.2, 0.25) is 0 Å². The van der Waals surface area contributed by atoms with Gasteiger partial charge in [0.15, 0.2) is 5.82 Å². The Kier molecular flexibility index (Phi) is 2.22. The van der Waals surface area contributed by atoms with E-state index in [-0.39, 0.29) is 0 Å². The summed E-state index contributed by atoms with van der Waals surface area (Å²) in [5, 5.41) is 4.22. The van der Waals surface area contributed by atoms with Gasteiger partial charge in [-0.1, -0.05) is 0 Å². The Morgan fingerprint density at radius 2 is 2.31 bits per heavy atom. The molecule has 2 N–H and O–H groups in total. The molecule has 0 aliphatic heterocycles. The molecule has 0 bridgehead atoms. The Morgan fingerprint density at radius 1 is 1.38 bits per heavy atom. The number of pyridine rings is 1. The van der Waals surface area contributed by atoms with Gasteiger partial charge in [-0.05, 0) is 37.0 Å². The molecular weight excluding hydrogens is 200 g/mol. The van der Waals surface area contributed by atoms with Crippen LogP contribution < -0.4 is 5.73 Å². The molecule has 1 aliphatic carbocycles. The first-order valence-electron chi connectivity index (χ1n) is 5.60. The molecular formula is C12H14N4. The normalized spacial score (nSPS) is 14.1. The zero-order valence-electron chi connectivity index (χ0n) is 9.06. The van der Waals surface area contributed by atoms with Crippen molar-refractivity contribution in [1.82, 2.24) is 14.8 Å². The van der Waals surface area contributed by atoms with Gasteiger partial charge in [-0.2, -0.15) is 5.10 Å². The predicted molar refractivity (Wildman–Crippen MR) is 61.3 cm³/mol. The third kappa shape index (κ3) is 1.42. The van der Waals surface area contributed by atoms with Gasteiger partial charge in [-0.25, -0.2) is 9.67 Å².